The van der Waals surface area contributed by atoms with Gasteiger partial charge in [0.05, 0.1) is 12.2 Å². The molecule has 0 heterocycles. The second kappa shape index (κ2) is 9.44. The summed E-state index contributed by atoms with van der Waals surface area (Å²) in [5.41, 5.74) is 1.12. The molecule has 6 nitrogen and oxygen atoms in total. The SMILES string of the molecule is COCCOc1ccccc1C(=O)NC(Cc1ccccc1)C(=O)O. The number of hydrogen-bond donors (Lipinski definition) is 2. The summed E-state index contributed by atoms with van der Waals surface area (Å²) in [7, 11) is 1.56. The number of carboxylic acid groups (broad SMARTS) is 1. The predicted octanol–water partition coefficient (Wildman–Crippen LogP) is 2.14. The molecule has 2 aromatic carbocycles. The van der Waals surface area contributed by atoms with Gasteiger partial charge in [0, 0.05) is 13.5 Å². The maximum atomic E-state index is 12.5. The van der Waals surface area contributed by atoms with Crippen LogP contribution in [0.15, 0.2) is 54.6 Å². The Hall–Kier alpha value is -2.86. The predicted molar refractivity (Wildman–Crippen MR) is 92.8 cm³/mol. The molecule has 1 unspecified atom stereocenters. The lowest BCUT2D eigenvalue weighted by atomic mass is 10.1. The van der Waals surface area contributed by atoms with E-state index < -0.39 is 17.9 Å². The highest BCUT2D eigenvalue weighted by Gasteiger charge is 2.22. The number of amides is 1. The zero-order valence-corrected chi connectivity index (χ0v) is 14.0. The molecule has 6 heteroatoms. The lowest BCUT2D eigenvalue weighted by molar-refractivity contribution is -0.139. The van der Waals surface area contributed by atoms with Crippen molar-refractivity contribution in [3.63, 3.8) is 0 Å². The van der Waals surface area contributed by atoms with Crippen LogP contribution in [-0.2, 0) is 16.0 Å². The largest absolute Gasteiger partial charge is 0.490 e. The fourth-order valence-corrected chi connectivity index (χ4v) is 2.30. The van der Waals surface area contributed by atoms with Gasteiger partial charge >= 0.3 is 5.97 Å². The van der Waals surface area contributed by atoms with Gasteiger partial charge < -0.3 is 19.9 Å². The van der Waals surface area contributed by atoms with Gasteiger partial charge in [0.2, 0.25) is 0 Å². The fourth-order valence-electron chi connectivity index (χ4n) is 2.30. The molecule has 132 valence electrons. The number of methoxy groups -OCH3 is 1. The maximum absolute atomic E-state index is 12.5. The molecule has 25 heavy (non-hydrogen) atoms. The van der Waals surface area contributed by atoms with Gasteiger partial charge in [-0.3, -0.25) is 4.79 Å². The molecule has 0 saturated carbocycles. The van der Waals surface area contributed by atoms with Crippen molar-refractivity contribution < 1.29 is 24.2 Å². The standard InChI is InChI=1S/C19H21NO5/c1-24-11-12-25-17-10-6-5-9-15(17)18(21)20-16(19(22)23)13-14-7-3-2-4-8-14/h2-10,16H,11-13H2,1H3,(H,20,21)(H,22,23). The van der Waals surface area contributed by atoms with Crippen LogP contribution >= 0.6 is 0 Å². The average molecular weight is 343 g/mol. The summed E-state index contributed by atoms with van der Waals surface area (Å²) in [6.45, 7) is 0.689. The van der Waals surface area contributed by atoms with E-state index in [1.54, 1.807) is 31.4 Å². The molecule has 0 aliphatic rings. The summed E-state index contributed by atoms with van der Waals surface area (Å²) in [6.07, 6.45) is 0.203. The lowest BCUT2D eigenvalue weighted by Gasteiger charge is -2.16. The molecule has 0 aliphatic heterocycles. The van der Waals surface area contributed by atoms with Crippen LogP contribution in [0, 0.1) is 0 Å². The van der Waals surface area contributed by atoms with Crippen molar-refractivity contribution in [2.75, 3.05) is 20.3 Å². The molecule has 0 saturated heterocycles. The van der Waals surface area contributed by atoms with E-state index in [1.807, 2.05) is 30.3 Å². The molecule has 1 atom stereocenters. The van der Waals surface area contributed by atoms with Crippen LogP contribution in [0.25, 0.3) is 0 Å². The van der Waals surface area contributed by atoms with Crippen LogP contribution in [0.2, 0.25) is 0 Å². The Morgan fingerprint density at radius 3 is 2.40 bits per heavy atom. The van der Waals surface area contributed by atoms with Crippen LogP contribution in [0.4, 0.5) is 0 Å². The summed E-state index contributed by atoms with van der Waals surface area (Å²) >= 11 is 0. The second-order valence-corrected chi connectivity index (χ2v) is 5.39. The summed E-state index contributed by atoms with van der Waals surface area (Å²) in [6, 6.07) is 14.8. The normalized spacial score (nSPS) is 11.6. The number of benzene rings is 2. The van der Waals surface area contributed by atoms with Gasteiger partial charge in [0.15, 0.2) is 0 Å². The topological polar surface area (TPSA) is 84.9 Å². The molecule has 1 amide bonds. The van der Waals surface area contributed by atoms with E-state index in [-0.39, 0.29) is 12.0 Å². The minimum atomic E-state index is -1.09. The molecule has 0 spiro atoms. The zero-order chi connectivity index (χ0) is 18.1. The van der Waals surface area contributed by atoms with Crippen molar-refractivity contribution in [1.82, 2.24) is 5.32 Å². The van der Waals surface area contributed by atoms with Crippen molar-refractivity contribution in [3.8, 4) is 5.75 Å². The first-order chi connectivity index (χ1) is 12.1. The van der Waals surface area contributed by atoms with Crippen LogP contribution < -0.4 is 10.1 Å². The minimum Gasteiger partial charge on any atom is -0.490 e. The third kappa shape index (κ3) is 5.61. The van der Waals surface area contributed by atoms with Crippen molar-refractivity contribution in [2.24, 2.45) is 0 Å². The minimum absolute atomic E-state index is 0.203. The third-order valence-corrected chi connectivity index (χ3v) is 3.56. The quantitative estimate of drug-likeness (QED) is 0.682. The Morgan fingerprint density at radius 1 is 1.04 bits per heavy atom. The van der Waals surface area contributed by atoms with Gasteiger partial charge in [-0.25, -0.2) is 4.79 Å². The summed E-state index contributed by atoms with van der Waals surface area (Å²) in [5.74, 6) is -1.19. The van der Waals surface area contributed by atoms with Crippen LogP contribution in [0.3, 0.4) is 0 Å². The van der Waals surface area contributed by atoms with Crippen molar-refractivity contribution in [1.29, 1.82) is 0 Å². The van der Waals surface area contributed by atoms with Gasteiger partial charge in [-0.05, 0) is 17.7 Å². The molecular formula is C19H21NO5. The number of para-hydroxylation sites is 1. The smallest absolute Gasteiger partial charge is 0.326 e. The number of ether oxygens (including phenoxy) is 2. The van der Waals surface area contributed by atoms with Crippen molar-refractivity contribution >= 4 is 11.9 Å². The number of aliphatic carboxylic acids is 1. The number of carboxylic acids is 1. The van der Waals surface area contributed by atoms with Crippen molar-refractivity contribution in [3.05, 3.63) is 65.7 Å². The maximum Gasteiger partial charge on any atom is 0.326 e. The number of carbonyl (C=O) groups excluding carboxylic acids is 1. The highest BCUT2D eigenvalue weighted by atomic mass is 16.5. The first-order valence-electron chi connectivity index (χ1n) is 7.90. The first-order valence-corrected chi connectivity index (χ1v) is 7.90. The third-order valence-electron chi connectivity index (χ3n) is 3.56. The van der Waals surface area contributed by atoms with E-state index in [0.29, 0.717) is 19.0 Å². The monoisotopic (exact) mass is 343 g/mol. The molecule has 2 aromatic rings. The summed E-state index contributed by atoms with van der Waals surface area (Å²) in [4.78, 5) is 24.0. The lowest BCUT2D eigenvalue weighted by Crippen LogP contribution is -2.42. The molecular weight excluding hydrogens is 322 g/mol. The van der Waals surface area contributed by atoms with Gasteiger partial charge in [-0.2, -0.15) is 0 Å². The van der Waals surface area contributed by atoms with Crippen LogP contribution in [-0.4, -0.2) is 43.3 Å². The van der Waals surface area contributed by atoms with E-state index in [0.717, 1.165) is 5.56 Å². The van der Waals surface area contributed by atoms with Crippen LogP contribution in [0.1, 0.15) is 15.9 Å². The van der Waals surface area contributed by atoms with Gasteiger partial charge in [0.1, 0.15) is 18.4 Å². The molecule has 2 N–H and O–H groups in total. The van der Waals surface area contributed by atoms with E-state index >= 15 is 0 Å². The average Bonchev–Trinajstić information content (AvgIpc) is 2.62. The molecule has 0 radical (unpaired) electrons. The first kappa shape index (κ1) is 18.5. The molecule has 2 rings (SSSR count). The molecule has 0 aliphatic carbocycles. The molecule has 0 aromatic heterocycles. The number of nitrogens with one attached hydrogen (secondary N) is 1. The van der Waals surface area contributed by atoms with Crippen molar-refractivity contribution in [2.45, 2.75) is 12.5 Å². The Balaban J connectivity index is 2.09. The Bertz CT molecular complexity index is 702. The highest BCUT2D eigenvalue weighted by molar-refractivity contribution is 5.99. The summed E-state index contributed by atoms with van der Waals surface area (Å²) < 4.78 is 10.4. The second-order valence-electron chi connectivity index (χ2n) is 5.39. The summed E-state index contributed by atoms with van der Waals surface area (Å²) in [5, 5.41) is 12.0. The number of carbonyl (C=O) groups is 2. The Kier molecular flexibility index (Phi) is 6.98. The zero-order valence-electron chi connectivity index (χ0n) is 14.0. The Labute approximate surface area is 146 Å². The van der Waals surface area contributed by atoms with Gasteiger partial charge in [-0.15, -0.1) is 0 Å². The van der Waals surface area contributed by atoms with Gasteiger partial charge in [-0.1, -0.05) is 42.5 Å². The van der Waals surface area contributed by atoms with E-state index in [4.69, 9.17) is 9.47 Å². The molecule has 0 bridgehead atoms. The van der Waals surface area contributed by atoms with Gasteiger partial charge in [0.25, 0.3) is 5.91 Å². The Morgan fingerprint density at radius 2 is 1.72 bits per heavy atom. The highest BCUT2D eigenvalue weighted by Crippen LogP contribution is 2.18. The van der Waals surface area contributed by atoms with E-state index in [9.17, 15) is 14.7 Å². The molecule has 0 fully saturated rings. The van der Waals surface area contributed by atoms with E-state index in [2.05, 4.69) is 5.32 Å². The number of hydrogen-bond acceptors (Lipinski definition) is 4. The number of rotatable bonds is 9. The van der Waals surface area contributed by atoms with E-state index in [1.165, 1.54) is 0 Å². The van der Waals surface area contributed by atoms with Crippen LogP contribution in [0.5, 0.6) is 5.75 Å². The fraction of sp³-hybridized carbons (Fsp3) is 0.263.